The van der Waals surface area contributed by atoms with Gasteiger partial charge in [-0.3, -0.25) is 0 Å². The summed E-state index contributed by atoms with van der Waals surface area (Å²) in [6.45, 7) is 4.49. The highest BCUT2D eigenvalue weighted by molar-refractivity contribution is 6.35. The monoisotopic (exact) mass is 142 g/mol. The molecule has 0 saturated carbocycles. The summed E-state index contributed by atoms with van der Waals surface area (Å²) < 4.78 is 0. The van der Waals surface area contributed by atoms with Crippen molar-refractivity contribution in [3.63, 3.8) is 0 Å². The van der Waals surface area contributed by atoms with Crippen LogP contribution < -0.4 is 6.15 Å². The third-order valence-corrected chi connectivity index (χ3v) is 1.52. The quantitative estimate of drug-likeness (QED) is 0.448. The first kappa shape index (κ1) is 12.7. The van der Waals surface area contributed by atoms with Crippen molar-refractivity contribution in [1.29, 1.82) is 0 Å². The normalized spacial score (nSPS) is 8.60. The number of unbranched alkanes of at least 4 members (excludes halogenated alkanes) is 2. The van der Waals surface area contributed by atoms with Gasteiger partial charge in [0, 0.05) is 0 Å². The number of hydrogen-bond donors (Lipinski definition) is 1. The van der Waals surface area contributed by atoms with Gasteiger partial charge < -0.3 is 6.15 Å². The Bertz CT molecular complexity index is 42.5. The van der Waals surface area contributed by atoms with E-state index in [1.807, 2.05) is 0 Å². The van der Waals surface area contributed by atoms with Gasteiger partial charge in [-0.05, 0) is 0 Å². The zero-order chi connectivity index (χ0) is 6.95. The Morgan fingerprint density at radius 3 is 1.60 bits per heavy atom. The zero-order valence-corrected chi connectivity index (χ0v) is 7.53. The lowest BCUT2D eigenvalue weighted by molar-refractivity contribution is 0.851. The first-order valence-electron chi connectivity index (χ1n) is 4.23. The molecule has 0 spiro atoms. The third-order valence-electron chi connectivity index (χ3n) is 1.52. The zero-order valence-electron chi connectivity index (χ0n) is 7.53. The van der Waals surface area contributed by atoms with E-state index in [2.05, 4.69) is 21.1 Å². The Balaban J connectivity index is 0. The summed E-state index contributed by atoms with van der Waals surface area (Å²) in [4.78, 5) is 0. The lowest BCUT2D eigenvalue weighted by Crippen LogP contribution is -1.87. The lowest BCUT2D eigenvalue weighted by Gasteiger charge is -1.94. The minimum absolute atomic E-state index is 0. The first-order valence-corrected chi connectivity index (χ1v) is 4.23. The van der Waals surface area contributed by atoms with Crippen molar-refractivity contribution in [3.8, 4) is 0 Å². The molecule has 0 aromatic heterocycles. The van der Waals surface area contributed by atoms with Gasteiger partial charge in [0.15, 0.2) is 0 Å². The van der Waals surface area contributed by atoms with E-state index in [-0.39, 0.29) is 6.15 Å². The summed E-state index contributed by atoms with van der Waals surface area (Å²) in [5.41, 5.74) is 0. The molecule has 0 saturated heterocycles. The van der Waals surface area contributed by atoms with E-state index in [1.54, 1.807) is 0 Å². The van der Waals surface area contributed by atoms with Crippen LogP contribution in [0.25, 0.3) is 0 Å². The van der Waals surface area contributed by atoms with E-state index in [0.29, 0.717) is 0 Å². The van der Waals surface area contributed by atoms with Crippen LogP contribution in [0, 0.1) is 0 Å². The number of hydrogen-bond acceptors (Lipinski definition) is 1. The molecule has 1 nitrogen and oxygen atoms in total. The smallest absolute Gasteiger partial charge is 0.109 e. The molecule has 0 atom stereocenters. The van der Waals surface area contributed by atoms with Gasteiger partial charge in [0.1, 0.15) is 7.28 Å². The molecule has 1 radical (unpaired) electrons. The molecule has 0 aromatic rings. The Morgan fingerprint density at radius 2 is 1.30 bits per heavy atom. The minimum Gasteiger partial charge on any atom is -0.344 e. The van der Waals surface area contributed by atoms with Gasteiger partial charge in [-0.15, -0.1) is 0 Å². The molecule has 0 aliphatic rings. The van der Waals surface area contributed by atoms with Crippen molar-refractivity contribution in [2.45, 2.75) is 52.2 Å². The van der Waals surface area contributed by atoms with Crippen LogP contribution >= 0.6 is 0 Å². The fraction of sp³-hybridized carbons (Fsp3) is 1.00. The van der Waals surface area contributed by atoms with E-state index >= 15 is 0 Å². The molecule has 0 amide bonds. The Labute approximate surface area is 66.4 Å². The molecule has 0 aliphatic carbocycles. The average Bonchev–Trinajstić information content (AvgIpc) is 1.89. The maximum absolute atomic E-state index is 2.42. The van der Waals surface area contributed by atoms with Crippen LogP contribution in [0.5, 0.6) is 0 Å². The highest BCUT2D eigenvalue weighted by Gasteiger charge is 1.88. The van der Waals surface area contributed by atoms with E-state index in [9.17, 15) is 0 Å². The molecular weight excluding hydrogens is 121 g/mol. The summed E-state index contributed by atoms with van der Waals surface area (Å²) in [5.74, 6) is 0. The summed E-state index contributed by atoms with van der Waals surface area (Å²) in [5, 5.41) is 0. The second-order valence-electron chi connectivity index (χ2n) is 2.57. The van der Waals surface area contributed by atoms with Gasteiger partial charge in [-0.1, -0.05) is 52.2 Å². The molecule has 3 N–H and O–H groups in total. The minimum atomic E-state index is 0. The van der Waals surface area contributed by atoms with Gasteiger partial charge in [0.2, 0.25) is 0 Å². The molecule has 0 aromatic carbocycles. The van der Waals surface area contributed by atoms with Crippen LogP contribution in [0.2, 0.25) is 12.6 Å². The molecule has 0 heterocycles. The third kappa shape index (κ3) is 10.9. The fourth-order valence-corrected chi connectivity index (χ4v) is 0.841. The molecule has 2 heteroatoms. The van der Waals surface area contributed by atoms with Crippen LogP contribution in [-0.4, -0.2) is 7.28 Å². The molecule has 61 valence electrons. The standard InChI is InChI=1S/C8H18B.H3N/c1-3-5-7-9-8-6-4-2;/h3-8H2,1-2H3;1H3. The van der Waals surface area contributed by atoms with Crippen molar-refractivity contribution < 1.29 is 0 Å². The van der Waals surface area contributed by atoms with Crippen LogP contribution in [0.3, 0.4) is 0 Å². The predicted octanol–water partition coefficient (Wildman–Crippen LogP) is 3.29. The molecule has 0 fully saturated rings. The largest absolute Gasteiger partial charge is 0.344 e. The van der Waals surface area contributed by atoms with E-state index < -0.39 is 0 Å². The second-order valence-corrected chi connectivity index (χ2v) is 2.57. The molecule has 0 unspecified atom stereocenters. The van der Waals surface area contributed by atoms with Gasteiger partial charge in [0.25, 0.3) is 0 Å². The summed E-state index contributed by atoms with van der Waals surface area (Å²) >= 11 is 0. The highest BCUT2D eigenvalue weighted by Crippen LogP contribution is 1.99. The van der Waals surface area contributed by atoms with Crippen LogP contribution in [0.1, 0.15) is 39.5 Å². The predicted molar refractivity (Wildman–Crippen MR) is 50.2 cm³/mol. The van der Waals surface area contributed by atoms with E-state index in [0.717, 1.165) is 0 Å². The van der Waals surface area contributed by atoms with Gasteiger partial charge in [-0.25, -0.2) is 0 Å². The SMILES string of the molecule is CCCC[B]CCCC.N. The maximum atomic E-state index is 2.42. The summed E-state index contributed by atoms with van der Waals surface area (Å²) in [6.07, 6.45) is 8.09. The van der Waals surface area contributed by atoms with Crippen LogP contribution in [-0.2, 0) is 0 Å². The van der Waals surface area contributed by atoms with Crippen molar-refractivity contribution in [2.24, 2.45) is 0 Å². The van der Waals surface area contributed by atoms with Crippen molar-refractivity contribution in [1.82, 2.24) is 6.15 Å². The lowest BCUT2D eigenvalue weighted by atomic mass is 9.68. The summed E-state index contributed by atoms with van der Waals surface area (Å²) in [6, 6.07) is 0. The van der Waals surface area contributed by atoms with Crippen molar-refractivity contribution in [2.75, 3.05) is 0 Å². The van der Waals surface area contributed by atoms with E-state index in [1.165, 1.54) is 38.3 Å². The van der Waals surface area contributed by atoms with E-state index in [4.69, 9.17) is 0 Å². The molecule has 0 rings (SSSR count). The Kier molecular flexibility index (Phi) is 14.9. The van der Waals surface area contributed by atoms with Crippen molar-refractivity contribution >= 4 is 7.28 Å². The maximum Gasteiger partial charge on any atom is 0.109 e. The molecular formula is C8H21BN. The second kappa shape index (κ2) is 11.8. The highest BCUT2D eigenvalue weighted by atomic mass is 14.0. The van der Waals surface area contributed by atoms with Gasteiger partial charge in [-0.2, -0.15) is 0 Å². The Morgan fingerprint density at radius 1 is 0.900 bits per heavy atom. The van der Waals surface area contributed by atoms with Crippen molar-refractivity contribution in [3.05, 3.63) is 0 Å². The average molecular weight is 142 g/mol. The Hall–Kier alpha value is 0.0249. The topological polar surface area (TPSA) is 35.0 Å². The molecule has 10 heavy (non-hydrogen) atoms. The molecule has 0 aliphatic heterocycles. The summed E-state index contributed by atoms with van der Waals surface area (Å²) in [7, 11) is 2.42. The van der Waals surface area contributed by atoms with Gasteiger partial charge in [0.05, 0.1) is 0 Å². The fourth-order valence-electron chi connectivity index (χ4n) is 0.841. The first-order chi connectivity index (χ1) is 4.41. The van der Waals surface area contributed by atoms with Crippen LogP contribution in [0.15, 0.2) is 0 Å². The van der Waals surface area contributed by atoms with Gasteiger partial charge >= 0.3 is 0 Å². The molecule has 0 bridgehead atoms. The number of rotatable bonds is 6. The van der Waals surface area contributed by atoms with Crippen LogP contribution in [0.4, 0.5) is 0 Å².